The molecule has 0 bridgehead atoms. The number of carbonyl (C=O) groups is 1. The molecule has 1 aromatic heterocycles. The van der Waals surface area contributed by atoms with Crippen molar-refractivity contribution >= 4 is 34.5 Å². The number of para-hydroxylation sites is 1. The molecule has 0 aliphatic carbocycles. The second-order valence-electron chi connectivity index (χ2n) is 5.44. The molecule has 0 unspecified atom stereocenters. The van der Waals surface area contributed by atoms with E-state index in [1.807, 2.05) is 6.07 Å². The predicted octanol–water partition coefficient (Wildman–Crippen LogP) is 3.89. The lowest BCUT2D eigenvalue weighted by Gasteiger charge is -2.11. The van der Waals surface area contributed by atoms with Crippen LogP contribution in [0.1, 0.15) is 24.4 Å². The van der Waals surface area contributed by atoms with E-state index >= 15 is 0 Å². The minimum absolute atomic E-state index is 0.266. The van der Waals surface area contributed by atoms with E-state index in [1.165, 1.54) is 6.08 Å². The predicted molar refractivity (Wildman–Crippen MR) is 97.4 cm³/mol. The maximum absolute atomic E-state index is 12.1. The molecule has 1 heterocycles. The van der Waals surface area contributed by atoms with Crippen LogP contribution in [0.5, 0.6) is 0 Å². The number of fused-ring (bicyclic) bond motifs is 1. The van der Waals surface area contributed by atoms with Crippen LogP contribution >= 0.6 is 11.6 Å². The molecule has 5 nitrogen and oxygen atoms in total. The SMILES string of the molecule is C[C@H](OC(=O)/C=C/c1cccc(Cl)c1)c1nc2ccccc2c(=O)[nH]1. The molecule has 3 aromatic rings. The zero-order valence-corrected chi connectivity index (χ0v) is 14.2. The Hall–Kier alpha value is -2.92. The Labute approximate surface area is 148 Å². The molecule has 6 heteroatoms. The summed E-state index contributed by atoms with van der Waals surface area (Å²) in [5.74, 6) is -0.239. The van der Waals surface area contributed by atoms with Gasteiger partial charge < -0.3 is 9.72 Å². The van der Waals surface area contributed by atoms with Crippen LogP contribution in [0.15, 0.2) is 59.4 Å². The summed E-state index contributed by atoms with van der Waals surface area (Å²) < 4.78 is 5.30. The van der Waals surface area contributed by atoms with Gasteiger partial charge in [0.1, 0.15) is 0 Å². The van der Waals surface area contributed by atoms with Gasteiger partial charge in [0.15, 0.2) is 11.9 Å². The molecule has 0 amide bonds. The smallest absolute Gasteiger partial charge is 0.331 e. The van der Waals surface area contributed by atoms with Gasteiger partial charge in [-0.05, 0) is 42.8 Å². The number of H-pyrrole nitrogens is 1. The standard InChI is InChI=1S/C19H15ClN2O3/c1-12(18-21-16-8-3-2-7-15(16)19(24)22-18)25-17(23)10-9-13-5-4-6-14(20)11-13/h2-12H,1H3,(H,21,22,24)/b10-9+/t12-/m0/s1. The topological polar surface area (TPSA) is 72.0 Å². The summed E-state index contributed by atoms with van der Waals surface area (Å²) >= 11 is 5.89. The van der Waals surface area contributed by atoms with Crippen molar-refractivity contribution in [1.82, 2.24) is 9.97 Å². The zero-order valence-electron chi connectivity index (χ0n) is 13.4. The number of rotatable bonds is 4. The fourth-order valence-electron chi connectivity index (χ4n) is 2.34. The molecule has 0 aliphatic rings. The normalized spacial score (nSPS) is 12.4. The Bertz CT molecular complexity index is 1010. The molecule has 1 N–H and O–H groups in total. The van der Waals surface area contributed by atoms with Gasteiger partial charge in [-0.3, -0.25) is 4.79 Å². The summed E-state index contributed by atoms with van der Waals surface area (Å²) in [4.78, 5) is 31.0. The fourth-order valence-corrected chi connectivity index (χ4v) is 2.54. The number of halogens is 1. The maximum Gasteiger partial charge on any atom is 0.331 e. The van der Waals surface area contributed by atoms with Gasteiger partial charge in [-0.15, -0.1) is 0 Å². The first-order valence-electron chi connectivity index (χ1n) is 7.66. The summed E-state index contributed by atoms with van der Waals surface area (Å²) in [5.41, 5.74) is 1.07. The third-order valence-corrected chi connectivity index (χ3v) is 3.80. The van der Waals surface area contributed by atoms with E-state index in [9.17, 15) is 9.59 Å². The van der Waals surface area contributed by atoms with Gasteiger partial charge in [0.25, 0.3) is 5.56 Å². The van der Waals surface area contributed by atoms with Crippen LogP contribution in [0.3, 0.4) is 0 Å². The Morgan fingerprint density at radius 3 is 2.84 bits per heavy atom. The van der Waals surface area contributed by atoms with E-state index in [0.29, 0.717) is 21.7 Å². The number of hydrogen-bond acceptors (Lipinski definition) is 4. The van der Waals surface area contributed by atoms with Crippen molar-refractivity contribution in [3.05, 3.63) is 81.4 Å². The maximum atomic E-state index is 12.1. The molecular formula is C19H15ClN2O3. The molecule has 25 heavy (non-hydrogen) atoms. The van der Waals surface area contributed by atoms with Gasteiger partial charge >= 0.3 is 5.97 Å². The second-order valence-corrected chi connectivity index (χ2v) is 5.87. The van der Waals surface area contributed by atoms with E-state index in [1.54, 1.807) is 55.5 Å². The molecule has 2 aromatic carbocycles. The van der Waals surface area contributed by atoms with Gasteiger partial charge in [-0.25, -0.2) is 9.78 Å². The minimum atomic E-state index is -0.686. The van der Waals surface area contributed by atoms with Gasteiger partial charge in [-0.1, -0.05) is 35.9 Å². The lowest BCUT2D eigenvalue weighted by molar-refractivity contribution is -0.142. The van der Waals surface area contributed by atoms with Crippen molar-refractivity contribution in [1.29, 1.82) is 0 Å². The van der Waals surface area contributed by atoms with E-state index in [4.69, 9.17) is 16.3 Å². The van der Waals surface area contributed by atoms with Gasteiger partial charge in [-0.2, -0.15) is 0 Å². The Kier molecular flexibility index (Phi) is 4.95. The highest BCUT2D eigenvalue weighted by Gasteiger charge is 2.14. The van der Waals surface area contributed by atoms with Crippen molar-refractivity contribution in [3.63, 3.8) is 0 Å². The van der Waals surface area contributed by atoms with E-state index in [-0.39, 0.29) is 5.56 Å². The van der Waals surface area contributed by atoms with E-state index in [2.05, 4.69) is 9.97 Å². The monoisotopic (exact) mass is 354 g/mol. The quantitative estimate of drug-likeness (QED) is 0.569. The van der Waals surface area contributed by atoms with Gasteiger partial charge in [0.2, 0.25) is 0 Å². The molecular weight excluding hydrogens is 340 g/mol. The average Bonchev–Trinajstić information content (AvgIpc) is 2.60. The number of esters is 1. The van der Waals surface area contributed by atoms with Gasteiger partial charge in [0, 0.05) is 11.1 Å². The van der Waals surface area contributed by atoms with Crippen LogP contribution in [0.25, 0.3) is 17.0 Å². The molecule has 0 aliphatic heterocycles. The van der Waals surface area contributed by atoms with Crippen molar-refractivity contribution in [2.75, 3.05) is 0 Å². The molecule has 1 atom stereocenters. The fraction of sp³-hybridized carbons (Fsp3) is 0.105. The highest BCUT2D eigenvalue weighted by molar-refractivity contribution is 6.30. The Morgan fingerprint density at radius 2 is 2.04 bits per heavy atom. The molecule has 0 saturated carbocycles. The largest absolute Gasteiger partial charge is 0.451 e. The lowest BCUT2D eigenvalue weighted by atomic mass is 10.2. The first-order valence-corrected chi connectivity index (χ1v) is 8.04. The molecule has 3 rings (SSSR count). The van der Waals surface area contributed by atoms with Crippen LogP contribution in [-0.2, 0) is 9.53 Å². The van der Waals surface area contributed by atoms with E-state index in [0.717, 1.165) is 5.56 Å². The van der Waals surface area contributed by atoms with Crippen molar-refractivity contribution in [2.45, 2.75) is 13.0 Å². The molecule has 126 valence electrons. The highest BCUT2D eigenvalue weighted by Crippen LogP contribution is 2.15. The van der Waals surface area contributed by atoms with Crippen LogP contribution in [-0.4, -0.2) is 15.9 Å². The summed E-state index contributed by atoms with van der Waals surface area (Å²) in [6, 6.07) is 14.1. The number of aromatic amines is 1. The number of benzene rings is 2. The minimum Gasteiger partial charge on any atom is -0.451 e. The lowest BCUT2D eigenvalue weighted by Crippen LogP contribution is -2.16. The van der Waals surface area contributed by atoms with Crippen molar-refractivity contribution < 1.29 is 9.53 Å². The number of nitrogens with one attached hydrogen (secondary N) is 1. The summed E-state index contributed by atoms with van der Waals surface area (Å²) in [7, 11) is 0. The zero-order chi connectivity index (χ0) is 17.8. The van der Waals surface area contributed by atoms with Crippen molar-refractivity contribution in [2.24, 2.45) is 0 Å². The molecule has 0 saturated heterocycles. The Balaban J connectivity index is 1.74. The van der Waals surface area contributed by atoms with Crippen molar-refractivity contribution in [3.8, 4) is 0 Å². The Morgan fingerprint density at radius 1 is 1.24 bits per heavy atom. The third kappa shape index (κ3) is 4.14. The van der Waals surface area contributed by atoms with Gasteiger partial charge in [0.05, 0.1) is 10.9 Å². The summed E-state index contributed by atoms with van der Waals surface area (Å²) in [6.45, 7) is 1.65. The molecule has 0 fully saturated rings. The third-order valence-electron chi connectivity index (χ3n) is 3.57. The second kappa shape index (κ2) is 7.32. The number of nitrogens with zero attached hydrogens (tertiary/aromatic N) is 1. The van der Waals surface area contributed by atoms with Crippen LogP contribution in [0.2, 0.25) is 5.02 Å². The highest BCUT2D eigenvalue weighted by atomic mass is 35.5. The average molecular weight is 355 g/mol. The number of carbonyl (C=O) groups excluding carboxylic acids is 1. The number of ether oxygens (including phenoxy) is 1. The summed E-state index contributed by atoms with van der Waals surface area (Å²) in [6.07, 6.45) is 2.23. The van der Waals surface area contributed by atoms with E-state index < -0.39 is 12.1 Å². The first-order chi connectivity index (χ1) is 12.0. The van der Waals surface area contributed by atoms with Crippen LogP contribution < -0.4 is 5.56 Å². The number of aromatic nitrogens is 2. The molecule has 0 spiro atoms. The summed E-state index contributed by atoms with van der Waals surface area (Å²) in [5, 5.41) is 1.08. The van der Waals surface area contributed by atoms with Crippen LogP contribution in [0, 0.1) is 0 Å². The molecule has 0 radical (unpaired) electrons. The first kappa shape index (κ1) is 16.9. The van der Waals surface area contributed by atoms with Crippen LogP contribution in [0.4, 0.5) is 0 Å². The number of hydrogen-bond donors (Lipinski definition) is 1.